The summed E-state index contributed by atoms with van der Waals surface area (Å²) in [4.78, 5) is 22.6. The number of carbonyl (C=O) groups is 1. The third kappa shape index (κ3) is 5.15. The second-order valence-electron chi connectivity index (χ2n) is 5.78. The minimum absolute atomic E-state index is 0. The number of hydrogen-bond acceptors (Lipinski definition) is 7. The summed E-state index contributed by atoms with van der Waals surface area (Å²) >= 11 is 0. The molecule has 0 aliphatic heterocycles. The maximum atomic E-state index is 13.1. The normalized spacial score (nSPS) is 11.5. The summed E-state index contributed by atoms with van der Waals surface area (Å²) in [5.74, 6) is 0. The van der Waals surface area contributed by atoms with Crippen LogP contribution in [0.3, 0.4) is 0 Å². The molecule has 9 nitrogen and oxygen atoms in total. The Kier molecular flexibility index (Phi) is 7.43. The molecule has 0 aliphatic carbocycles. The number of rotatable bonds is 6. The predicted octanol–water partition coefficient (Wildman–Crippen LogP) is 1.18. The minimum Gasteiger partial charge on any atom is -0.462 e. The molecular formula is C17H14KN2O7S2. The first-order chi connectivity index (χ1) is 13.1. The maximum absolute atomic E-state index is 13.1. The fraction of sp³-hybridized carbons (Fsp3) is 0.0588. The molecule has 29 heavy (non-hydrogen) atoms. The first-order valence-corrected chi connectivity index (χ1v) is 11.1. The van der Waals surface area contributed by atoms with Gasteiger partial charge in [-0.05, 0) is 18.2 Å². The Labute approximate surface area is 208 Å². The molecule has 0 saturated heterocycles. The van der Waals surface area contributed by atoms with E-state index in [4.69, 9.17) is 4.42 Å². The Balaban J connectivity index is 0.00000300. The summed E-state index contributed by atoms with van der Waals surface area (Å²) in [6, 6.07) is 9.47. The third-order valence-corrected chi connectivity index (χ3v) is 6.13. The zero-order chi connectivity index (χ0) is 20.5. The number of benzene rings is 2. The number of sulfonamides is 1. The van der Waals surface area contributed by atoms with E-state index in [0.29, 0.717) is 0 Å². The van der Waals surface area contributed by atoms with Crippen LogP contribution < -0.4 is 15.5 Å². The monoisotopic (exact) mass is 461 g/mol. The minimum atomic E-state index is -4.17. The fourth-order valence-corrected chi connectivity index (χ4v) is 4.62. The Morgan fingerprint density at radius 3 is 2.24 bits per heavy atom. The van der Waals surface area contributed by atoms with Crippen molar-refractivity contribution >= 4 is 100.0 Å². The van der Waals surface area contributed by atoms with E-state index in [1.165, 1.54) is 24.3 Å². The molecule has 0 saturated carbocycles. The topological polar surface area (TPSA) is 140 Å². The van der Waals surface area contributed by atoms with E-state index in [9.17, 15) is 26.4 Å². The summed E-state index contributed by atoms with van der Waals surface area (Å²) in [6.45, 7) is 0. The molecule has 12 heteroatoms. The number of sulfone groups is 1. The molecule has 0 atom stereocenters. The third-order valence-electron chi connectivity index (χ3n) is 3.73. The molecule has 1 heterocycles. The Morgan fingerprint density at radius 2 is 1.66 bits per heavy atom. The average Bonchev–Trinajstić information content (AvgIpc) is 2.63. The SMILES string of the molecule is CS(=O)(=O)Nc1cc2occ(NC=O)c(=O)c2cc1S(=O)(=O)c1ccccc1.[K]. The van der Waals surface area contributed by atoms with Crippen molar-refractivity contribution in [3.8, 4) is 0 Å². The van der Waals surface area contributed by atoms with Gasteiger partial charge < -0.3 is 9.73 Å². The van der Waals surface area contributed by atoms with E-state index in [1.54, 1.807) is 6.07 Å². The molecule has 3 aromatic rings. The molecule has 1 aromatic heterocycles. The zero-order valence-corrected chi connectivity index (χ0v) is 20.1. The van der Waals surface area contributed by atoms with Crippen LogP contribution in [0.5, 0.6) is 0 Å². The molecule has 2 aromatic carbocycles. The first-order valence-electron chi connectivity index (χ1n) is 7.71. The Bertz CT molecular complexity index is 1340. The van der Waals surface area contributed by atoms with Gasteiger partial charge in [-0.2, -0.15) is 0 Å². The van der Waals surface area contributed by atoms with Gasteiger partial charge in [0.15, 0.2) is 0 Å². The number of carbonyl (C=O) groups excluding carboxylic acids is 1. The molecule has 0 fully saturated rings. The van der Waals surface area contributed by atoms with Gasteiger partial charge in [-0.25, -0.2) is 16.8 Å². The van der Waals surface area contributed by atoms with Crippen LogP contribution in [0.2, 0.25) is 0 Å². The summed E-state index contributed by atoms with van der Waals surface area (Å²) in [5.41, 5.74) is -1.18. The van der Waals surface area contributed by atoms with Crippen molar-refractivity contribution in [3.05, 3.63) is 59.0 Å². The van der Waals surface area contributed by atoms with Crippen molar-refractivity contribution in [2.45, 2.75) is 9.79 Å². The molecule has 3 rings (SSSR count). The average molecular weight is 462 g/mol. The van der Waals surface area contributed by atoms with Gasteiger partial charge >= 0.3 is 0 Å². The van der Waals surface area contributed by atoms with Crippen molar-refractivity contribution in [1.82, 2.24) is 0 Å². The predicted molar refractivity (Wildman–Crippen MR) is 108 cm³/mol. The number of nitrogens with one attached hydrogen (secondary N) is 2. The number of fused-ring (bicyclic) bond motifs is 1. The van der Waals surface area contributed by atoms with E-state index in [0.717, 1.165) is 24.7 Å². The number of amides is 1. The van der Waals surface area contributed by atoms with Gasteiger partial charge in [0, 0.05) is 57.5 Å². The van der Waals surface area contributed by atoms with Crippen LogP contribution in [0.4, 0.5) is 11.4 Å². The van der Waals surface area contributed by atoms with Crippen LogP contribution in [0.1, 0.15) is 0 Å². The van der Waals surface area contributed by atoms with E-state index in [1.807, 2.05) is 0 Å². The van der Waals surface area contributed by atoms with Gasteiger partial charge in [0.2, 0.25) is 31.7 Å². The standard InChI is InChI=1S/C17H14N2O7S2.K/c1-27(22,23)19-13-8-15-12(17(21)14(9-26-15)18-10-20)7-16(13)28(24,25)11-5-3-2-4-6-11;/h2-10,19H,1H3,(H,18,20);. The zero-order valence-electron chi connectivity index (χ0n) is 15.4. The number of anilines is 2. The molecule has 0 bridgehead atoms. The molecule has 147 valence electrons. The van der Waals surface area contributed by atoms with Gasteiger partial charge in [-0.3, -0.25) is 14.3 Å². The van der Waals surface area contributed by atoms with Crippen LogP contribution in [0.25, 0.3) is 11.0 Å². The molecule has 0 aliphatic rings. The van der Waals surface area contributed by atoms with E-state index in [2.05, 4.69) is 10.0 Å². The number of hydrogen-bond donors (Lipinski definition) is 2. The van der Waals surface area contributed by atoms with Crippen LogP contribution in [0, 0.1) is 0 Å². The first kappa shape index (κ1) is 23.7. The smallest absolute Gasteiger partial charge is 0.229 e. The van der Waals surface area contributed by atoms with Crippen molar-refractivity contribution in [2.75, 3.05) is 16.3 Å². The van der Waals surface area contributed by atoms with Crippen LogP contribution in [-0.2, 0) is 24.7 Å². The molecule has 0 spiro atoms. The summed E-state index contributed by atoms with van der Waals surface area (Å²) < 4.78 is 56.9. The Morgan fingerprint density at radius 1 is 1.00 bits per heavy atom. The second-order valence-corrected chi connectivity index (χ2v) is 9.44. The van der Waals surface area contributed by atoms with Crippen molar-refractivity contribution in [3.63, 3.8) is 0 Å². The second kappa shape index (κ2) is 9.08. The molecule has 0 unspecified atom stereocenters. The van der Waals surface area contributed by atoms with Gasteiger partial charge in [0.25, 0.3) is 0 Å². The van der Waals surface area contributed by atoms with E-state index in [-0.39, 0.29) is 85.0 Å². The van der Waals surface area contributed by atoms with E-state index < -0.39 is 30.2 Å². The van der Waals surface area contributed by atoms with Gasteiger partial charge in [0.1, 0.15) is 17.5 Å². The molecular weight excluding hydrogens is 447 g/mol. The largest absolute Gasteiger partial charge is 0.462 e. The Hall–Kier alpha value is -1.54. The van der Waals surface area contributed by atoms with Crippen LogP contribution >= 0.6 is 0 Å². The summed E-state index contributed by atoms with van der Waals surface area (Å²) in [6.07, 6.45) is 2.12. The molecule has 1 amide bonds. The van der Waals surface area contributed by atoms with Gasteiger partial charge in [-0.15, -0.1) is 0 Å². The van der Waals surface area contributed by atoms with E-state index >= 15 is 0 Å². The molecule has 1 radical (unpaired) electrons. The quantitative estimate of drug-likeness (QED) is 0.415. The molecule has 2 N–H and O–H groups in total. The maximum Gasteiger partial charge on any atom is 0.229 e. The van der Waals surface area contributed by atoms with Crippen LogP contribution in [-0.4, -0.2) is 80.9 Å². The van der Waals surface area contributed by atoms with Crippen molar-refractivity contribution in [2.24, 2.45) is 0 Å². The summed E-state index contributed by atoms with van der Waals surface area (Å²) in [7, 11) is -8.00. The van der Waals surface area contributed by atoms with Crippen molar-refractivity contribution in [1.29, 1.82) is 0 Å². The summed E-state index contributed by atoms with van der Waals surface area (Å²) in [5, 5.41) is 2.02. The van der Waals surface area contributed by atoms with Crippen LogP contribution in [0.15, 0.2) is 67.7 Å². The fourth-order valence-electron chi connectivity index (χ4n) is 2.55. The van der Waals surface area contributed by atoms with Crippen molar-refractivity contribution < 1.29 is 26.0 Å². The van der Waals surface area contributed by atoms with Gasteiger partial charge in [-0.1, -0.05) is 18.2 Å². The van der Waals surface area contributed by atoms with Gasteiger partial charge in [0.05, 0.1) is 27.1 Å².